The van der Waals surface area contributed by atoms with Gasteiger partial charge in [-0.3, -0.25) is 9.69 Å². The molecule has 2 aliphatic heterocycles. The number of nitrogens with one attached hydrogen (secondary N) is 1. The SMILES string of the molecule is CCOc1ccc2[nH]c(=O)c([C@H](c3nnnn3C[C@H]3CCCO3)N(Cc3ccco3)C[C@H]3CCCO3)cc2c1. The van der Waals surface area contributed by atoms with Crippen LogP contribution < -0.4 is 10.3 Å². The van der Waals surface area contributed by atoms with Crippen molar-refractivity contribution in [2.24, 2.45) is 0 Å². The van der Waals surface area contributed by atoms with Crippen molar-refractivity contribution in [1.29, 1.82) is 0 Å². The first kappa shape index (κ1) is 25.7. The van der Waals surface area contributed by atoms with Gasteiger partial charge in [-0.2, -0.15) is 0 Å². The molecule has 206 valence electrons. The number of ether oxygens (including phenoxy) is 3. The van der Waals surface area contributed by atoms with Gasteiger partial charge in [-0.1, -0.05) is 0 Å². The molecule has 1 aromatic carbocycles. The van der Waals surface area contributed by atoms with E-state index >= 15 is 0 Å². The third-order valence-electron chi connectivity index (χ3n) is 7.42. The standard InChI is InChI=1S/C28H34N6O5/c1-2-36-20-9-10-25-19(14-20)15-24(28(35)29-25)26(27-30-31-32-34(27)18-23-8-5-13-39-23)33(16-21-6-3-11-37-21)17-22-7-4-12-38-22/h3,6,9-11,14-15,22-23,26H,2,4-5,7-8,12-13,16-18H2,1H3,(H,29,35)/t22-,23-,26-/m1/s1. The van der Waals surface area contributed by atoms with Crippen molar-refractivity contribution < 1.29 is 18.6 Å². The molecule has 11 nitrogen and oxygen atoms in total. The maximum absolute atomic E-state index is 13.7. The number of rotatable bonds is 11. The van der Waals surface area contributed by atoms with Crippen molar-refractivity contribution in [3.05, 3.63) is 70.2 Å². The Bertz CT molecular complexity index is 1420. The van der Waals surface area contributed by atoms with Crippen molar-refractivity contribution in [3.8, 4) is 5.75 Å². The van der Waals surface area contributed by atoms with E-state index in [1.807, 2.05) is 43.3 Å². The molecule has 0 aliphatic carbocycles. The number of hydrogen-bond acceptors (Lipinski definition) is 9. The number of benzene rings is 1. The fraction of sp³-hybridized carbons (Fsp3) is 0.500. The predicted molar refractivity (Wildman–Crippen MR) is 142 cm³/mol. The summed E-state index contributed by atoms with van der Waals surface area (Å²) in [6.45, 7) is 5.55. The van der Waals surface area contributed by atoms with Gasteiger partial charge in [0, 0.05) is 36.2 Å². The third kappa shape index (κ3) is 5.75. The van der Waals surface area contributed by atoms with E-state index in [0.29, 0.717) is 37.6 Å². The van der Waals surface area contributed by atoms with E-state index in [1.54, 1.807) is 10.9 Å². The van der Waals surface area contributed by atoms with Gasteiger partial charge in [0.2, 0.25) is 0 Å². The summed E-state index contributed by atoms with van der Waals surface area (Å²) in [4.78, 5) is 19.0. The number of pyridine rings is 1. The molecule has 39 heavy (non-hydrogen) atoms. The van der Waals surface area contributed by atoms with Gasteiger partial charge < -0.3 is 23.6 Å². The summed E-state index contributed by atoms with van der Waals surface area (Å²) in [7, 11) is 0. The third-order valence-corrected chi connectivity index (χ3v) is 7.42. The van der Waals surface area contributed by atoms with Gasteiger partial charge in [-0.25, -0.2) is 4.68 Å². The maximum Gasteiger partial charge on any atom is 0.253 e. The molecule has 2 fully saturated rings. The lowest BCUT2D eigenvalue weighted by atomic mass is 10.0. The van der Waals surface area contributed by atoms with E-state index in [1.165, 1.54) is 0 Å². The Kier molecular flexibility index (Phi) is 7.71. The highest BCUT2D eigenvalue weighted by Gasteiger charge is 2.34. The van der Waals surface area contributed by atoms with Gasteiger partial charge in [0.05, 0.1) is 38.2 Å². The number of furan rings is 1. The van der Waals surface area contributed by atoms with Crippen LogP contribution in [0.5, 0.6) is 5.75 Å². The Morgan fingerprint density at radius 3 is 2.74 bits per heavy atom. The summed E-state index contributed by atoms with van der Waals surface area (Å²) >= 11 is 0. The Morgan fingerprint density at radius 2 is 2.00 bits per heavy atom. The van der Waals surface area contributed by atoms with E-state index in [4.69, 9.17) is 18.6 Å². The average molecular weight is 535 g/mol. The second kappa shape index (κ2) is 11.7. The predicted octanol–water partition coefficient (Wildman–Crippen LogP) is 3.46. The van der Waals surface area contributed by atoms with Crippen molar-refractivity contribution in [1.82, 2.24) is 30.1 Å². The van der Waals surface area contributed by atoms with Gasteiger partial charge in [0.15, 0.2) is 5.82 Å². The first-order valence-corrected chi connectivity index (χ1v) is 13.7. The molecule has 0 spiro atoms. The Morgan fingerprint density at radius 1 is 1.15 bits per heavy atom. The molecule has 4 aromatic rings. The van der Waals surface area contributed by atoms with Crippen LogP contribution >= 0.6 is 0 Å². The summed E-state index contributed by atoms with van der Waals surface area (Å²) in [6.07, 6.45) is 5.66. The topological polar surface area (TPSA) is 121 Å². The van der Waals surface area contributed by atoms with Crippen molar-refractivity contribution in [3.63, 3.8) is 0 Å². The van der Waals surface area contributed by atoms with Crippen molar-refractivity contribution in [2.45, 2.75) is 63.9 Å². The normalized spacial score (nSPS) is 20.3. The number of nitrogens with zero attached hydrogens (tertiary/aromatic N) is 5. The highest BCUT2D eigenvalue weighted by molar-refractivity contribution is 5.80. The lowest BCUT2D eigenvalue weighted by Gasteiger charge is -2.32. The van der Waals surface area contributed by atoms with Crippen LogP contribution in [0.15, 0.2) is 51.9 Å². The van der Waals surface area contributed by atoms with Crippen LogP contribution in [0.25, 0.3) is 10.9 Å². The van der Waals surface area contributed by atoms with Gasteiger partial charge in [0.1, 0.15) is 17.6 Å². The number of hydrogen-bond donors (Lipinski definition) is 1. The minimum absolute atomic E-state index is 0.0354. The first-order chi connectivity index (χ1) is 19.2. The fourth-order valence-electron chi connectivity index (χ4n) is 5.59. The Labute approximate surface area is 226 Å². The fourth-order valence-corrected chi connectivity index (χ4v) is 5.59. The van der Waals surface area contributed by atoms with Crippen LogP contribution in [-0.4, -0.2) is 68.7 Å². The van der Waals surface area contributed by atoms with Crippen LogP contribution in [-0.2, 0) is 22.6 Å². The lowest BCUT2D eigenvalue weighted by molar-refractivity contribution is 0.0528. The van der Waals surface area contributed by atoms with E-state index in [0.717, 1.165) is 61.3 Å². The van der Waals surface area contributed by atoms with Crippen LogP contribution in [0.1, 0.15) is 55.8 Å². The van der Waals surface area contributed by atoms with Gasteiger partial charge in [-0.05, 0) is 79.4 Å². The maximum atomic E-state index is 13.7. The highest BCUT2D eigenvalue weighted by Crippen LogP contribution is 2.31. The van der Waals surface area contributed by atoms with Crippen LogP contribution in [0.2, 0.25) is 0 Å². The van der Waals surface area contributed by atoms with Gasteiger partial charge >= 0.3 is 0 Å². The molecule has 3 atom stereocenters. The smallest absolute Gasteiger partial charge is 0.253 e. The van der Waals surface area contributed by atoms with Crippen LogP contribution in [0.4, 0.5) is 0 Å². The monoisotopic (exact) mass is 534 g/mol. The summed E-state index contributed by atoms with van der Waals surface area (Å²) in [5, 5.41) is 13.7. The van der Waals surface area contributed by atoms with E-state index in [-0.39, 0.29) is 17.8 Å². The number of aromatic amines is 1. The molecule has 11 heteroatoms. The molecule has 1 N–H and O–H groups in total. The zero-order chi connectivity index (χ0) is 26.6. The molecule has 0 amide bonds. The number of fused-ring (bicyclic) bond motifs is 1. The molecule has 0 unspecified atom stereocenters. The molecule has 3 aromatic heterocycles. The second-order valence-corrected chi connectivity index (χ2v) is 10.1. The highest BCUT2D eigenvalue weighted by atomic mass is 16.5. The summed E-state index contributed by atoms with van der Waals surface area (Å²) in [6, 6.07) is 10.9. The minimum Gasteiger partial charge on any atom is -0.494 e. The van der Waals surface area contributed by atoms with Crippen molar-refractivity contribution >= 4 is 10.9 Å². The molecule has 5 heterocycles. The molecule has 2 aliphatic rings. The molecule has 0 radical (unpaired) electrons. The van der Waals surface area contributed by atoms with Crippen LogP contribution in [0.3, 0.4) is 0 Å². The molecule has 0 saturated carbocycles. The lowest BCUT2D eigenvalue weighted by Crippen LogP contribution is -2.39. The molecule has 6 rings (SSSR count). The number of aromatic nitrogens is 5. The van der Waals surface area contributed by atoms with Crippen molar-refractivity contribution in [2.75, 3.05) is 26.4 Å². The number of tetrazole rings is 1. The second-order valence-electron chi connectivity index (χ2n) is 10.1. The average Bonchev–Trinajstić information content (AvgIpc) is 3.75. The Hall–Kier alpha value is -3.54. The van der Waals surface area contributed by atoms with E-state index < -0.39 is 6.04 Å². The zero-order valence-electron chi connectivity index (χ0n) is 22.1. The largest absolute Gasteiger partial charge is 0.494 e. The zero-order valence-corrected chi connectivity index (χ0v) is 22.1. The molecule has 0 bridgehead atoms. The summed E-state index contributed by atoms with van der Waals surface area (Å²) in [5.41, 5.74) is 1.09. The van der Waals surface area contributed by atoms with Crippen LogP contribution in [0, 0.1) is 0 Å². The first-order valence-electron chi connectivity index (χ1n) is 13.7. The molecular formula is C28H34N6O5. The molecular weight excluding hydrogens is 500 g/mol. The number of H-pyrrole nitrogens is 1. The van der Waals surface area contributed by atoms with E-state index in [2.05, 4.69) is 25.4 Å². The van der Waals surface area contributed by atoms with E-state index in [9.17, 15) is 4.79 Å². The summed E-state index contributed by atoms with van der Waals surface area (Å²) in [5.74, 6) is 2.11. The van der Waals surface area contributed by atoms with Gasteiger partial charge in [-0.15, -0.1) is 5.10 Å². The Balaban J connectivity index is 1.47. The summed E-state index contributed by atoms with van der Waals surface area (Å²) < 4.78 is 25.2. The quantitative estimate of drug-likeness (QED) is 0.308. The molecule has 2 saturated heterocycles. The minimum atomic E-state index is -0.556. The van der Waals surface area contributed by atoms with Gasteiger partial charge in [0.25, 0.3) is 5.56 Å².